The summed E-state index contributed by atoms with van der Waals surface area (Å²) < 4.78 is 24.9. The molecule has 0 spiro atoms. The van der Waals surface area contributed by atoms with Crippen LogP contribution >= 0.6 is 15.9 Å². The minimum Gasteiger partial charge on any atom is -0.481 e. The topological polar surface area (TPSA) is 55.8 Å². The molecule has 0 unspecified atom stereocenters. The Bertz CT molecular complexity index is 513. The van der Waals surface area contributed by atoms with Crippen LogP contribution in [0.5, 0.6) is 11.5 Å². The van der Waals surface area contributed by atoms with Gasteiger partial charge in [0.25, 0.3) is 0 Å². The summed E-state index contributed by atoms with van der Waals surface area (Å²) in [6.45, 7) is 3.38. The van der Waals surface area contributed by atoms with Gasteiger partial charge in [-0.15, -0.1) is 0 Å². The Morgan fingerprint density at radius 2 is 2.22 bits per heavy atom. The summed E-state index contributed by atoms with van der Waals surface area (Å²) in [6.07, 6.45) is -0.178. The number of hydrogen-bond acceptors (Lipinski definition) is 3. The molecule has 0 radical (unpaired) electrons. The molecule has 0 aliphatic carbocycles. The molecule has 0 aromatic heterocycles. The highest BCUT2D eigenvalue weighted by atomic mass is 79.9. The largest absolute Gasteiger partial charge is 0.481 e. The van der Waals surface area contributed by atoms with Crippen molar-refractivity contribution in [1.82, 2.24) is 0 Å². The van der Waals surface area contributed by atoms with Crippen molar-refractivity contribution in [2.24, 2.45) is 0 Å². The van der Waals surface area contributed by atoms with Crippen LogP contribution < -0.4 is 9.47 Å². The van der Waals surface area contributed by atoms with Crippen LogP contribution in [0.2, 0.25) is 0 Å². The molecule has 2 rings (SSSR count). The van der Waals surface area contributed by atoms with E-state index in [0.717, 1.165) is 0 Å². The Labute approximate surface area is 112 Å². The summed E-state index contributed by atoms with van der Waals surface area (Å²) in [5, 5.41) is 8.89. The highest BCUT2D eigenvalue weighted by Crippen LogP contribution is 2.46. The van der Waals surface area contributed by atoms with Gasteiger partial charge >= 0.3 is 5.97 Å². The zero-order chi connectivity index (χ0) is 13.5. The number of carboxylic acid groups (broad SMARTS) is 1. The molecule has 1 aliphatic rings. The van der Waals surface area contributed by atoms with Crippen LogP contribution in [0, 0.1) is 5.82 Å². The normalized spacial score (nSPS) is 13.8. The van der Waals surface area contributed by atoms with E-state index in [2.05, 4.69) is 15.9 Å². The number of carboxylic acids is 1. The fraction of sp³-hybridized carbons (Fsp3) is 0.417. The molecule has 18 heavy (non-hydrogen) atoms. The fourth-order valence-corrected chi connectivity index (χ4v) is 3.10. The Hall–Kier alpha value is -1.30. The first-order valence-electron chi connectivity index (χ1n) is 5.33. The summed E-state index contributed by atoms with van der Waals surface area (Å²) in [4.78, 5) is 10.9. The van der Waals surface area contributed by atoms with Gasteiger partial charge in [-0.3, -0.25) is 4.79 Å². The zero-order valence-corrected chi connectivity index (χ0v) is 11.5. The van der Waals surface area contributed by atoms with Gasteiger partial charge in [-0.25, -0.2) is 4.39 Å². The Morgan fingerprint density at radius 1 is 1.56 bits per heavy atom. The van der Waals surface area contributed by atoms with Crippen molar-refractivity contribution in [2.75, 3.05) is 6.79 Å². The maximum absolute atomic E-state index is 14.1. The van der Waals surface area contributed by atoms with E-state index in [9.17, 15) is 9.18 Å². The number of carbonyl (C=O) groups is 1. The second-order valence-electron chi connectivity index (χ2n) is 4.74. The molecule has 1 aromatic carbocycles. The van der Waals surface area contributed by atoms with E-state index in [-0.39, 0.29) is 18.8 Å². The molecule has 1 heterocycles. The van der Waals surface area contributed by atoms with Crippen LogP contribution in [0.1, 0.15) is 25.8 Å². The van der Waals surface area contributed by atoms with E-state index >= 15 is 0 Å². The van der Waals surface area contributed by atoms with Crippen molar-refractivity contribution in [2.45, 2.75) is 25.7 Å². The van der Waals surface area contributed by atoms with Crippen LogP contribution in [-0.2, 0) is 10.2 Å². The third-order valence-corrected chi connectivity index (χ3v) is 3.58. The van der Waals surface area contributed by atoms with E-state index < -0.39 is 17.2 Å². The molecule has 98 valence electrons. The number of benzene rings is 1. The number of hydrogen-bond donors (Lipinski definition) is 1. The van der Waals surface area contributed by atoms with Crippen molar-refractivity contribution >= 4 is 21.9 Å². The van der Waals surface area contributed by atoms with Crippen molar-refractivity contribution in [3.05, 3.63) is 21.9 Å². The average Bonchev–Trinajstić information content (AvgIpc) is 2.62. The van der Waals surface area contributed by atoms with Crippen molar-refractivity contribution in [1.29, 1.82) is 0 Å². The SMILES string of the molecule is CC(C)(CC(=O)O)c1c(F)cc2c(c1Br)OCO2. The highest BCUT2D eigenvalue weighted by Gasteiger charge is 2.33. The van der Waals surface area contributed by atoms with E-state index in [4.69, 9.17) is 14.6 Å². The summed E-state index contributed by atoms with van der Waals surface area (Å²) in [7, 11) is 0. The summed E-state index contributed by atoms with van der Waals surface area (Å²) in [5.41, 5.74) is -0.565. The molecule has 0 saturated carbocycles. The van der Waals surface area contributed by atoms with Crippen LogP contribution in [0.3, 0.4) is 0 Å². The summed E-state index contributed by atoms with van der Waals surface area (Å²) >= 11 is 3.27. The molecule has 1 aliphatic heterocycles. The molecule has 0 saturated heterocycles. The lowest BCUT2D eigenvalue weighted by molar-refractivity contribution is -0.138. The lowest BCUT2D eigenvalue weighted by atomic mass is 9.81. The summed E-state index contributed by atoms with van der Waals surface area (Å²) in [6, 6.07) is 1.23. The first kappa shape index (κ1) is 13.1. The third-order valence-electron chi connectivity index (χ3n) is 2.83. The zero-order valence-electron chi connectivity index (χ0n) is 9.92. The van der Waals surface area contributed by atoms with E-state index in [0.29, 0.717) is 16.0 Å². The van der Waals surface area contributed by atoms with Crippen molar-refractivity contribution in [3.63, 3.8) is 0 Å². The quantitative estimate of drug-likeness (QED) is 0.930. The lowest BCUT2D eigenvalue weighted by Crippen LogP contribution is -2.23. The number of halogens is 2. The second kappa shape index (κ2) is 4.42. The van der Waals surface area contributed by atoms with Gasteiger partial charge in [0.2, 0.25) is 6.79 Å². The highest BCUT2D eigenvalue weighted by molar-refractivity contribution is 9.10. The molecular weight excluding hydrogens is 307 g/mol. The van der Waals surface area contributed by atoms with E-state index in [1.807, 2.05) is 0 Å². The molecule has 4 nitrogen and oxygen atoms in total. The van der Waals surface area contributed by atoms with Crippen LogP contribution in [0.15, 0.2) is 10.5 Å². The van der Waals surface area contributed by atoms with Gasteiger partial charge in [-0.2, -0.15) is 0 Å². The molecule has 0 bridgehead atoms. The maximum Gasteiger partial charge on any atom is 0.304 e. The first-order chi connectivity index (χ1) is 8.33. The maximum atomic E-state index is 14.1. The molecule has 1 N–H and O–H groups in total. The molecule has 1 aromatic rings. The number of aliphatic carboxylic acids is 1. The minimum atomic E-state index is -0.982. The van der Waals surface area contributed by atoms with Gasteiger partial charge in [-0.1, -0.05) is 13.8 Å². The molecule has 0 fully saturated rings. The summed E-state index contributed by atoms with van der Waals surface area (Å²) in [5.74, 6) is -0.736. The Morgan fingerprint density at radius 3 is 2.83 bits per heavy atom. The van der Waals surface area contributed by atoms with Gasteiger partial charge < -0.3 is 14.6 Å². The minimum absolute atomic E-state index is 0.0379. The van der Waals surface area contributed by atoms with Crippen LogP contribution in [0.4, 0.5) is 4.39 Å². The van der Waals surface area contributed by atoms with Crippen LogP contribution in [0.25, 0.3) is 0 Å². The molecule has 0 amide bonds. The lowest BCUT2D eigenvalue weighted by Gasteiger charge is -2.25. The average molecular weight is 319 g/mol. The Kier molecular flexibility index (Phi) is 3.23. The van der Waals surface area contributed by atoms with Crippen LogP contribution in [-0.4, -0.2) is 17.9 Å². The number of rotatable bonds is 3. The Balaban J connectivity index is 2.54. The monoisotopic (exact) mass is 318 g/mol. The van der Waals surface area contributed by atoms with Gasteiger partial charge in [-0.05, 0) is 15.9 Å². The number of ether oxygens (including phenoxy) is 2. The fourth-order valence-electron chi connectivity index (χ4n) is 2.06. The molecule has 6 heteroatoms. The molecule has 0 atom stereocenters. The number of fused-ring (bicyclic) bond motifs is 1. The smallest absolute Gasteiger partial charge is 0.304 e. The van der Waals surface area contributed by atoms with Gasteiger partial charge in [0, 0.05) is 17.0 Å². The first-order valence-corrected chi connectivity index (χ1v) is 6.12. The standard InChI is InChI=1S/C12H12BrFO4/c1-12(2,4-8(15)16)9-6(14)3-7-11(10(9)13)18-5-17-7/h3H,4-5H2,1-2H3,(H,15,16). The predicted molar refractivity (Wildman–Crippen MR) is 65.5 cm³/mol. The van der Waals surface area contributed by atoms with Gasteiger partial charge in [0.15, 0.2) is 11.5 Å². The van der Waals surface area contributed by atoms with Crippen molar-refractivity contribution < 1.29 is 23.8 Å². The van der Waals surface area contributed by atoms with Crippen molar-refractivity contribution in [3.8, 4) is 11.5 Å². The third kappa shape index (κ3) is 2.16. The van der Waals surface area contributed by atoms with Gasteiger partial charge in [0.1, 0.15) is 5.82 Å². The second-order valence-corrected chi connectivity index (χ2v) is 5.53. The van der Waals surface area contributed by atoms with Gasteiger partial charge in [0.05, 0.1) is 10.9 Å². The predicted octanol–water partition coefficient (Wildman–Crippen LogP) is 3.07. The van der Waals surface area contributed by atoms with E-state index in [1.54, 1.807) is 13.8 Å². The molecular formula is C12H12BrFO4. The van der Waals surface area contributed by atoms with E-state index in [1.165, 1.54) is 6.07 Å².